The number of isothiocyanates is 1. The van der Waals surface area contributed by atoms with E-state index in [1.54, 1.807) is 0 Å². The van der Waals surface area contributed by atoms with E-state index in [0.717, 1.165) is 31.7 Å². The molecule has 1 aliphatic heterocycles. The van der Waals surface area contributed by atoms with Gasteiger partial charge in [-0.1, -0.05) is 12.1 Å². The highest BCUT2D eigenvalue weighted by molar-refractivity contribution is 7.78. The molecule has 1 aliphatic carbocycles. The summed E-state index contributed by atoms with van der Waals surface area (Å²) in [6.07, 6.45) is 5.50. The minimum absolute atomic E-state index is 0.377. The van der Waals surface area contributed by atoms with E-state index in [9.17, 15) is 0 Å². The normalized spacial score (nSPS) is 28.7. The summed E-state index contributed by atoms with van der Waals surface area (Å²) in [5, 5.41) is 2.40. The van der Waals surface area contributed by atoms with E-state index >= 15 is 0 Å². The van der Waals surface area contributed by atoms with Crippen LogP contribution in [0.5, 0.6) is 0 Å². The van der Waals surface area contributed by atoms with Crippen molar-refractivity contribution in [2.45, 2.75) is 43.8 Å². The maximum Gasteiger partial charge on any atom is 0.104 e. The zero-order valence-electron chi connectivity index (χ0n) is 11.5. The Morgan fingerprint density at radius 2 is 1.90 bits per heavy atom. The van der Waals surface area contributed by atoms with Crippen LogP contribution in [0, 0.1) is 0 Å². The topological polar surface area (TPSA) is 34.1 Å². The lowest BCUT2D eigenvalue weighted by Crippen LogP contribution is -2.22. The first-order valence-electron chi connectivity index (χ1n) is 7.26. The highest BCUT2D eigenvalue weighted by Gasteiger charge is 2.27. The molecule has 20 heavy (non-hydrogen) atoms. The van der Waals surface area contributed by atoms with Gasteiger partial charge in [-0.3, -0.25) is 0 Å². The number of thiocarbonyl (C=S) groups is 1. The monoisotopic (exact) mass is 289 g/mol. The van der Waals surface area contributed by atoms with Crippen LogP contribution in [0.2, 0.25) is 0 Å². The van der Waals surface area contributed by atoms with E-state index in [1.165, 1.54) is 18.4 Å². The molecule has 1 aromatic carbocycles. The second kappa shape index (κ2) is 6.59. The van der Waals surface area contributed by atoms with Crippen molar-refractivity contribution in [2.24, 2.45) is 4.99 Å². The lowest BCUT2D eigenvalue weighted by Gasteiger charge is -2.28. The Bertz CT molecular complexity index is 484. The molecule has 1 aromatic rings. The van der Waals surface area contributed by atoms with Gasteiger partial charge in [0.25, 0.3) is 0 Å². The number of nitrogens with zero attached hydrogens (tertiary/aromatic N) is 1. The molecule has 0 radical (unpaired) electrons. The van der Waals surface area contributed by atoms with Gasteiger partial charge >= 0.3 is 0 Å². The summed E-state index contributed by atoms with van der Waals surface area (Å²) in [4.78, 5) is 3.98. The van der Waals surface area contributed by atoms with E-state index in [0.29, 0.717) is 18.1 Å². The molecule has 0 bridgehead atoms. The van der Waals surface area contributed by atoms with Crippen LogP contribution in [0.25, 0.3) is 0 Å². The summed E-state index contributed by atoms with van der Waals surface area (Å²) in [5.41, 5.74) is 2.28. The predicted octanol–water partition coefficient (Wildman–Crippen LogP) is 3.86. The van der Waals surface area contributed by atoms with Crippen LogP contribution in [0.15, 0.2) is 29.3 Å². The molecule has 3 rings (SSSR count). The number of hydrogen-bond acceptors (Lipinski definition) is 4. The fraction of sp³-hybridized carbons (Fsp3) is 0.562. The fourth-order valence-corrected chi connectivity index (χ4v) is 2.95. The lowest BCUT2D eigenvalue weighted by molar-refractivity contribution is 0.0165. The predicted molar refractivity (Wildman–Crippen MR) is 81.8 cm³/mol. The molecule has 2 fully saturated rings. The number of ether oxygens (including phenoxy) is 2. The standard InChI is InChI=1S/C16H19NO2S/c20-11-17-14-5-1-12(2-6-14)13-3-7-15(8-4-13)18-9-16-10-19-16/h1-2,5-6,13,15-16H,3-4,7-10H2. The molecular formula is C16H19NO2S. The Morgan fingerprint density at radius 1 is 1.20 bits per heavy atom. The number of epoxide rings is 1. The average molecular weight is 289 g/mol. The Hall–Kier alpha value is -1.06. The van der Waals surface area contributed by atoms with Gasteiger partial charge in [0.05, 0.1) is 30.2 Å². The first-order chi connectivity index (χ1) is 9.85. The van der Waals surface area contributed by atoms with Gasteiger partial charge in [0.15, 0.2) is 0 Å². The van der Waals surface area contributed by atoms with Crippen LogP contribution in [0.1, 0.15) is 37.2 Å². The van der Waals surface area contributed by atoms with Crippen molar-refractivity contribution in [3.8, 4) is 0 Å². The molecule has 0 N–H and O–H groups in total. The minimum Gasteiger partial charge on any atom is -0.375 e. The van der Waals surface area contributed by atoms with E-state index in [4.69, 9.17) is 9.47 Å². The molecule has 3 nitrogen and oxygen atoms in total. The van der Waals surface area contributed by atoms with Crippen molar-refractivity contribution >= 4 is 23.1 Å². The number of benzene rings is 1. The van der Waals surface area contributed by atoms with E-state index in [-0.39, 0.29) is 0 Å². The largest absolute Gasteiger partial charge is 0.375 e. The van der Waals surface area contributed by atoms with Crippen molar-refractivity contribution in [3.63, 3.8) is 0 Å². The zero-order valence-corrected chi connectivity index (χ0v) is 12.3. The highest BCUT2D eigenvalue weighted by atomic mass is 32.1. The maximum absolute atomic E-state index is 5.88. The lowest BCUT2D eigenvalue weighted by atomic mass is 9.82. The molecule has 1 saturated carbocycles. The van der Waals surface area contributed by atoms with Crippen LogP contribution in [0.4, 0.5) is 5.69 Å². The second-order valence-electron chi connectivity index (χ2n) is 5.56. The van der Waals surface area contributed by atoms with Crippen LogP contribution < -0.4 is 0 Å². The minimum atomic E-state index is 0.377. The van der Waals surface area contributed by atoms with E-state index in [1.807, 2.05) is 12.1 Å². The Labute approximate surface area is 125 Å². The SMILES string of the molecule is S=C=Nc1ccc(C2CCC(OCC3CO3)CC2)cc1. The Balaban J connectivity index is 1.50. The summed E-state index contributed by atoms with van der Waals surface area (Å²) in [7, 11) is 0. The zero-order chi connectivity index (χ0) is 13.8. The van der Waals surface area contributed by atoms with Crippen molar-refractivity contribution < 1.29 is 9.47 Å². The molecule has 0 amide bonds. The number of rotatable bonds is 5. The maximum atomic E-state index is 5.88. The summed E-state index contributed by atoms with van der Waals surface area (Å²) in [6, 6.07) is 8.36. The first kappa shape index (κ1) is 13.9. The third-order valence-electron chi connectivity index (χ3n) is 4.13. The number of hydrogen-bond donors (Lipinski definition) is 0. The number of aliphatic imine (C=N–C) groups is 1. The summed E-state index contributed by atoms with van der Waals surface area (Å²) in [6.45, 7) is 1.66. The molecule has 1 unspecified atom stereocenters. The van der Waals surface area contributed by atoms with Gasteiger partial charge in [0, 0.05) is 0 Å². The third kappa shape index (κ3) is 3.74. The molecule has 2 aliphatic rings. The molecule has 1 saturated heterocycles. The summed E-state index contributed by atoms with van der Waals surface area (Å²) >= 11 is 4.61. The van der Waals surface area contributed by atoms with Gasteiger partial charge < -0.3 is 9.47 Å². The van der Waals surface area contributed by atoms with Crippen LogP contribution >= 0.6 is 12.2 Å². The molecule has 0 aromatic heterocycles. The smallest absolute Gasteiger partial charge is 0.104 e. The quantitative estimate of drug-likeness (QED) is 0.469. The van der Waals surface area contributed by atoms with E-state index in [2.05, 4.69) is 34.5 Å². The van der Waals surface area contributed by atoms with Crippen molar-refractivity contribution in [3.05, 3.63) is 29.8 Å². The second-order valence-corrected chi connectivity index (χ2v) is 5.74. The average Bonchev–Trinajstić information content (AvgIpc) is 3.31. The van der Waals surface area contributed by atoms with Gasteiger partial charge in [-0.2, -0.15) is 4.99 Å². The Morgan fingerprint density at radius 3 is 2.50 bits per heavy atom. The van der Waals surface area contributed by atoms with Gasteiger partial charge in [0.2, 0.25) is 0 Å². The van der Waals surface area contributed by atoms with Gasteiger partial charge in [0.1, 0.15) is 6.10 Å². The van der Waals surface area contributed by atoms with E-state index < -0.39 is 0 Å². The first-order valence-corrected chi connectivity index (χ1v) is 7.67. The summed E-state index contributed by atoms with van der Waals surface area (Å²) < 4.78 is 11.1. The van der Waals surface area contributed by atoms with Crippen LogP contribution in [-0.4, -0.2) is 30.6 Å². The van der Waals surface area contributed by atoms with Crippen molar-refractivity contribution in [1.29, 1.82) is 0 Å². The third-order valence-corrected chi connectivity index (χ3v) is 4.22. The van der Waals surface area contributed by atoms with Crippen molar-refractivity contribution in [2.75, 3.05) is 13.2 Å². The van der Waals surface area contributed by atoms with Gasteiger partial charge in [-0.25, -0.2) is 0 Å². The molecule has 0 spiro atoms. The van der Waals surface area contributed by atoms with Crippen molar-refractivity contribution in [1.82, 2.24) is 0 Å². The van der Waals surface area contributed by atoms with Crippen LogP contribution in [-0.2, 0) is 9.47 Å². The molecule has 1 heterocycles. The highest BCUT2D eigenvalue weighted by Crippen LogP contribution is 2.34. The molecule has 4 heteroatoms. The fourth-order valence-electron chi connectivity index (χ4n) is 2.84. The van der Waals surface area contributed by atoms with Gasteiger partial charge in [-0.15, -0.1) is 0 Å². The van der Waals surface area contributed by atoms with Crippen LogP contribution in [0.3, 0.4) is 0 Å². The van der Waals surface area contributed by atoms with Gasteiger partial charge in [-0.05, 0) is 61.5 Å². The Kier molecular flexibility index (Phi) is 4.58. The summed E-state index contributed by atoms with van der Waals surface area (Å²) in [5.74, 6) is 0.650. The molecule has 106 valence electrons. The molecular weight excluding hydrogens is 270 g/mol. The molecule has 1 atom stereocenters.